The molecular formula is C27H21Cl2N3O4S2. The van der Waals surface area contributed by atoms with Crippen molar-refractivity contribution in [3.05, 3.63) is 78.7 Å². The van der Waals surface area contributed by atoms with Crippen molar-refractivity contribution in [2.75, 3.05) is 11.9 Å². The van der Waals surface area contributed by atoms with E-state index in [-0.39, 0.29) is 52.2 Å². The fourth-order valence-electron chi connectivity index (χ4n) is 7.16. The molecule has 3 heterocycles. The number of aromatic nitrogens is 1. The van der Waals surface area contributed by atoms with E-state index in [9.17, 15) is 19.2 Å². The SMILES string of the molecule is O=C(CN1C(=O)C2C3CC(C2C1=O)C1C3Sc2[nH]c(=O)sc2[C@@H]1c1ccc(Cl)cc1)Nc1ccc(Cl)cc1. The number of likely N-dealkylation sites (tertiary alicyclic amines) is 1. The van der Waals surface area contributed by atoms with Crippen LogP contribution in [0.4, 0.5) is 5.69 Å². The van der Waals surface area contributed by atoms with E-state index >= 15 is 0 Å². The number of nitrogens with zero attached hydrogens (tertiary/aromatic N) is 1. The van der Waals surface area contributed by atoms with E-state index < -0.39 is 17.7 Å². The number of benzene rings is 2. The van der Waals surface area contributed by atoms with Crippen molar-refractivity contribution in [2.24, 2.45) is 29.6 Å². The molecule has 2 bridgehead atoms. The van der Waals surface area contributed by atoms with Gasteiger partial charge in [-0.15, -0.1) is 11.8 Å². The lowest BCUT2D eigenvalue weighted by atomic mass is 9.68. The summed E-state index contributed by atoms with van der Waals surface area (Å²) < 4.78 is 0. The van der Waals surface area contributed by atoms with E-state index in [2.05, 4.69) is 10.3 Å². The number of thiazole rings is 1. The van der Waals surface area contributed by atoms with Gasteiger partial charge in [0.25, 0.3) is 0 Å². The van der Waals surface area contributed by atoms with Gasteiger partial charge in [-0.3, -0.25) is 24.1 Å². The third kappa shape index (κ3) is 3.70. The second kappa shape index (κ2) is 8.98. The Morgan fingerprint density at radius 3 is 2.26 bits per heavy atom. The van der Waals surface area contributed by atoms with Crippen molar-refractivity contribution in [3.8, 4) is 0 Å². The fraction of sp³-hybridized carbons (Fsp3) is 0.333. The lowest BCUT2D eigenvalue weighted by molar-refractivity contribution is -0.143. The quantitative estimate of drug-likeness (QED) is 0.426. The number of nitrogens with one attached hydrogen (secondary N) is 2. The molecule has 1 aromatic heterocycles. The third-order valence-electron chi connectivity index (χ3n) is 8.47. The Balaban J connectivity index is 1.19. The van der Waals surface area contributed by atoms with Gasteiger partial charge in [0.05, 0.1) is 16.9 Å². The van der Waals surface area contributed by atoms with Crippen molar-refractivity contribution < 1.29 is 14.4 Å². The highest BCUT2D eigenvalue weighted by Crippen LogP contribution is 2.68. The molecule has 3 aromatic rings. The van der Waals surface area contributed by atoms with Gasteiger partial charge in [-0.25, -0.2) is 0 Å². The molecule has 2 N–H and O–H groups in total. The Labute approximate surface area is 235 Å². The maximum absolute atomic E-state index is 13.7. The summed E-state index contributed by atoms with van der Waals surface area (Å²) in [6, 6.07) is 14.4. The molecule has 4 aliphatic rings. The average molecular weight is 587 g/mol. The molecule has 2 aliphatic carbocycles. The summed E-state index contributed by atoms with van der Waals surface area (Å²) in [4.78, 5) is 57.4. The zero-order chi connectivity index (χ0) is 26.3. The van der Waals surface area contributed by atoms with E-state index in [0.717, 1.165) is 26.8 Å². The highest BCUT2D eigenvalue weighted by molar-refractivity contribution is 8.00. The molecule has 0 spiro atoms. The van der Waals surface area contributed by atoms with Crippen LogP contribution < -0.4 is 10.2 Å². The minimum absolute atomic E-state index is 0.00527. The molecule has 0 radical (unpaired) electrons. The Hall–Kier alpha value is -2.59. The van der Waals surface area contributed by atoms with E-state index in [1.807, 2.05) is 24.3 Å². The Morgan fingerprint density at radius 2 is 1.58 bits per heavy atom. The minimum atomic E-state index is -0.440. The predicted molar refractivity (Wildman–Crippen MR) is 147 cm³/mol. The number of halogens is 2. The zero-order valence-electron chi connectivity index (χ0n) is 19.7. The number of hydrogen-bond acceptors (Lipinski definition) is 6. The first-order valence-electron chi connectivity index (χ1n) is 12.4. The summed E-state index contributed by atoms with van der Waals surface area (Å²) in [5, 5.41) is 4.89. The number of aromatic amines is 1. The monoisotopic (exact) mass is 585 g/mol. The highest BCUT2D eigenvalue weighted by atomic mass is 35.5. The molecule has 3 amide bonds. The number of anilines is 1. The van der Waals surface area contributed by atoms with E-state index in [4.69, 9.17) is 23.2 Å². The second-order valence-electron chi connectivity index (χ2n) is 10.3. The topological polar surface area (TPSA) is 99.3 Å². The molecule has 38 heavy (non-hydrogen) atoms. The maximum Gasteiger partial charge on any atom is 0.305 e. The van der Waals surface area contributed by atoms with Crippen LogP contribution in [0.5, 0.6) is 0 Å². The molecule has 6 unspecified atom stereocenters. The summed E-state index contributed by atoms with van der Waals surface area (Å²) in [5.74, 6) is -1.76. The zero-order valence-corrected chi connectivity index (χ0v) is 22.9. The van der Waals surface area contributed by atoms with Gasteiger partial charge in [0, 0.05) is 31.8 Å². The highest BCUT2D eigenvalue weighted by Gasteiger charge is 2.69. The summed E-state index contributed by atoms with van der Waals surface area (Å²) in [7, 11) is 0. The van der Waals surface area contributed by atoms with Crippen LogP contribution >= 0.6 is 46.3 Å². The number of carbonyl (C=O) groups is 3. The van der Waals surface area contributed by atoms with Crippen molar-refractivity contribution in [3.63, 3.8) is 0 Å². The van der Waals surface area contributed by atoms with Gasteiger partial charge < -0.3 is 10.3 Å². The molecule has 2 aromatic carbocycles. The summed E-state index contributed by atoms with van der Waals surface area (Å²) in [5.41, 5.74) is 1.60. The van der Waals surface area contributed by atoms with Gasteiger partial charge >= 0.3 is 4.87 Å². The van der Waals surface area contributed by atoms with E-state index in [1.54, 1.807) is 36.0 Å². The molecule has 1 saturated heterocycles. The fourth-order valence-corrected chi connectivity index (χ4v) is 10.3. The van der Waals surface area contributed by atoms with Crippen molar-refractivity contribution in [1.82, 2.24) is 9.88 Å². The van der Waals surface area contributed by atoms with Crippen LogP contribution in [0.2, 0.25) is 10.0 Å². The van der Waals surface area contributed by atoms with Crippen LogP contribution in [0.15, 0.2) is 58.4 Å². The van der Waals surface area contributed by atoms with Crippen LogP contribution in [0, 0.1) is 29.6 Å². The van der Waals surface area contributed by atoms with E-state index in [0.29, 0.717) is 15.7 Å². The Kier molecular flexibility index (Phi) is 5.78. The van der Waals surface area contributed by atoms with Gasteiger partial charge in [-0.2, -0.15) is 0 Å². The minimum Gasteiger partial charge on any atom is -0.325 e. The number of carbonyl (C=O) groups excluding carboxylic acids is 3. The molecule has 7 nitrogen and oxygen atoms in total. The molecule has 7 rings (SSSR count). The molecule has 7 atom stereocenters. The number of thioether (sulfide) groups is 1. The van der Waals surface area contributed by atoms with Crippen molar-refractivity contribution in [1.29, 1.82) is 0 Å². The van der Waals surface area contributed by atoms with E-state index in [1.165, 1.54) is 11.3 Å². The summed E-state index contributed by atoms with van der Waals surface area (Å²) >= 11 is 14.9. The first kappa shape index (κ1) is 24.5. The molecule has 2 aliphatic heterocycles. The third-order valence-corrected chi connectivity index (χ3v) is 11.6. The van der Waals surface area contributed by atoms with Gasteiger partial charge in [-0.1, -0.05) is 46.7 Å². The average Bonchev–Trinajstić information content (AvgIpc) is 3.62. The maximum atomic E-state index is 13.7. The lowest BCUT2D eigenvalue weighted by Gasteiger charge is -2.43. The van der Waals surface area contributed by atoms with Crippen molar-refractivity contribution in [2.45, 2.75) is 22.6 Å². The smallest absolute Gasteiger partial charge is 0.305 e. The number of rotatable bonds is 4. The number of imide groups is 1. The predicted octanol–water partition coefficient (Wildman–Crippen LogP) is 4.86. The van der Waals surface area contributed by atoms with Crippen LogP contribution in [0.1, 0.15) is 22.8 Å². The van der Waals surface area contributed by atoms with Gasteiger partial charge in [0.1, 0.15) is 6.54 Å². The summed E-state index contributed by atoms with van der Waals surface area (Å²) in [6.45, 7) is -0.309. The molecule has 11 heteroatoms. The largest absolute Gasteiger partial charge is 0.325 e. The molecule has 194 valence electrons. The Morgan fingerprint density at radius 1 is 0.947 bits per heavy atom. The van der Waals surface area contributed by atoms with Gasteiger partial charge in [-0.05, 0) is 66.1 Å². The van der Waals surface area contributed by atoms with Crippen LogP contribution in [-0.4, -0.2) is 39.4 Å². The van der Waals surface area contributed by atoms with Crippen LogP contribution in [0.3, 0.4) is 0 Å². The Bertz CT molecular complexity index is 1540. The number of fused-ring (bicyclic) bond motifs is 9. The van der Waals surface area contributed by atoms with Crippen LogP contribution in [0.25, 0.3) is 0 Å². The number of hydrogen-bond donors (Lipinski definition) is 2. The molecule has 3 fully saturated rings. The normalized spacial score (nSPS) is 30.8. The first-order valence-corrected chi connectivity index (χ1v) is 14.8. The number of H-pyrrole nitrogens is 1. The van der Waals surface area contributed by atoms with Crippen LogP contribution in [-0.2, 0) is 14.4 Å². The first-order chi connectivity index (χ1) is 18.3. The molecular weight excluding hydrogens is 565 g/mol. The van der Waals surface area contributed by atoms with Gasteiger partial charge in [0.2, 0.25) is 17.7 Å². The van der Waals surface area contributed by atoms with Crippen molar-refractivity contribution >= 4 is 69.7 Å². The standard InChI is InChI=1S/C27H21Cl2N3O4S2/c28-12-3-1-11(2-4-12)18-19-15-9-16(22(19)37-24-23(18)38-27(36)31-24)21-20(15)25(34)32(26(21)35)10-17(33)30-14-7-5-13(29)6-8-14/h1-8,15-16,18-22H,9-10H2,(H,30,33)(H,31,36)/t15?,16?,18-,19?,20?,21?,22?/m1/s1. The molecule has 2 saturated carbocycles. The summed E-state index contributed by atoms with van der Waals surface area (Å²) in [6.07, 6.45) is 0.795. The lowest BCUT2D eigenvalue weighted by Crippen LogP contribution is -2.42. The van der Waals surface area contributed by atoms with Gasteiger partial charge in [0.15, 0.2) is 0 Å². The number of amides is 3. The second-order valence-corrected chi connectivity index (χ2v) is 13.4.